The Balaban J connectivity index is 0.00000243. The maximum atomic E-state index is 6.28. The van der Waals surface area contributed by atoms with Crippen LogP contribution < -0.4 is 15.2 Å². The van der Waals surface area contributed by atoms with Crippen LogP contribution in [0.5, 0.6) is 11.5 Å². The van der Waals surface area contributed by atoms with Crippen LogP contribution in [0.25, 0.3) is 11.4 Å². The number of nitrogen functional groups attached to an aromatic ring is 1. The molecule has 0 radical (unpaired) electrons. The van der Waals surface area contributed by atoms with Crippen LogP contribution in [0.1, 0.15) is 11.1 Å². The molecule has 0 aliphatic carbocycles. The standard InChI is InChI=1S/C18H19ClN4O2.ClH/c1-11-8-14(24-2)16(15(9-11)25-3)17-21-18(20)22-23(17)10-12-6-4-5-7-13(12)19;/h4-9H,10H2,1-3H3,(H2,20,22);1H. The molecule has 3 aromatic rings. The highest BCUT2D eigenvalue weighted by Crippen LogP contribution is 2.39. The number of nitrogens with zero attached hydrogens (tertiary/aromatic N) is 3. The second-order valence-electron chi connectivity index (χ2n) is 5.59. The molecule has 2 aromatic carbocycles. The van der Waals surface area contributed by atoms with E-state index in [2.05, 4.69) is 10.1 Å². The summed E-state index contributed by atoms with van der Waals surface area (Å²) in [6.45, 7) is 2.40. The maximum absolute atomic E-state index is 6.28. The highest BCUT2D eigenvalue weighted by Gasteiger charge is 2.21. The van der Waals surface area contributed by atoms with Crippen molar-refractivity contribution in [2.75, 3.05) is 20.0 Å². The number of hydrogen-bond donors (Lipinski definition) is 1. The molecule has 138 valence electrons. The van der Waals surface area contributed by atoms with E-state index in [9.17, 15) is 0 Å². The molecule has 3 rings (SSSR count). The van der Waals surface area contributed by atoms with E-state index >= 15 is 0 Å². The SMILES string of the molecule is COc1cc(C)cc(OC)c1-c1nc(N)nn1Cc1ccccc1Cl.Cl. The molecule has 26 heavy (non-hydrogen) atoms. The highest BCUT2D eigenvalue weighted by atomic mass is 35.5. The molecule has 0 spiro atoms. The molecule has 8 heteroatoms. The number of rotatable bonds is 5. The Kier molecular flexibility index (Phi) is 6.34. The van der Waals surface area contributed by atoms with Gasteiger partial charge in [0.1, 0.15) is 17.1 Å². The molecule has 0 fully saturated rings. The molecular weight excluding hydrogens is 375 g/mol. The minimum atomic E-state index is 0. The largest absolute Gasteiger partial charge is 0.496 e. The first-order valence-corrected chi connectivity index (χ1v) is 8.08. The molecule has 0 saturated heterocycles. The zero-order chi connectivity index (χ0) is 18.0. The number of methoxy groups -OCH3 is 2. The monoisotopic (exact) mass is 394 g/mol. The lowest BCUT2D eigenvalue weighted by atomic mass is 10.1. The summed E-state index contributed by atoms with van der Waals surface area (Å²) >= 11 is 6.28. The van der Waals surface area contributed by atoms with E-state index in [0.29, 0.717) is 34.5 Å². The van der Waals surface area contributed by atoms with Gasteiger partial charge in [-0.15, -0.1) is 17.5 Å². The van der Waals surface area contributed by atoms with Crippen molar-refractivity contribution in [3.8, 4) is 22.9 Å². The topological polar surface area (TPSA) is 75.2 Å². The highest BCUT2D eigenvalue weighted by molar-refractivity contribution is 6.31. The van der Waals surface area contributed by atoms with Gasteiger partial charge in [-0.1, -0.05) is 29.8 Å². The Morgan fingerprint density at radius 3 is 2.31 bits per heavy atom. The minimum Gasteiger partial charge on any atom is -0.496 e. The lowest BCUT2D eigenvalue weighted by Gasteiger charge is -2.15. The van der Waals surface area contributed by atoms with E-state index in [1.807, 2.05) is 43.3 Å². The summed E-state index contributed by atoms with van der Waals surface area (Å²) in [4.78, 5) is 4.38. The van der Waals surface area contributed by atoms with Gasteiger partial charge >= 0.3 is 0 Å². The summed E-state index contributed by atoms with van der Waals surface area (Å²) < 4.78 is 12.8. The summed E-state index contributed by atoms with van der Waals surface area (Å²) in [5.41, 5.74) is 8.50. The Bertz CT molecular complexity index is 887. The molecule has 0 bridgehead atoms. The van der Waals surface area contributed by atoms with E-state index < -0.39 is 0 Å². The van der Waals surface area contributed by atoms with Crippen molar-refractivity contribution in [2.24, 2.45) is 0 Å². The van der Waals surface area contributed by atoms with E-state index in [-0.39, 0.29) is 18.4 Å². The molecule has 6 nitrogen and oxygen atoms in total. The van der Waals surface area contributed by atoms with E-state index in [1.54, 1.807) is 18.9 Å². The van der Waals surface area contributed by atoms with Gasteiger partial charge in [0.15, 0.2) is 5.82 Å². The fraction of sp³-hybridized carbons (Fsp3) is 0.222. The van der Waals surface area contributed by atoms with Gasteiger partial charge in [0.2, 0.25) is 5.95 Å². The van der Waals surface area contributed by atoms with Gasteiger partial charge < -0.3 is 15.2 Å². The Hall–Kier alpha value is -2.44. The van der Waals surface area contributed by atoms with Crippen molar-refractivity contribution >= 4 is 30.0 Å². The van der Waals surface area contributed by atoms with Crippen LogP contribution in [0.2, 0.25) is 5.02 Å². The summed E-state index contributed by atoms with van der Waals surface area (Å²) in [5, 5.41) is 4.97. The quantitative estimate of drug-likeness (QED) is 0.708. The van der Waals surface area contributed by atoms with Crippen molar-refractivity contribution < 1.29 is 9.47 Å². The fourth-order valence-electron chi connectivity index (χ4n) is 2.71. The van der Waals surface area contributed by atoms with Crippen molar-refractivity contribution in [2.45, 2.75) is 13.5 Å². The number of hydrogen-bond acceptors (Lipinski definition) is 5. The lowest BCUT2D eigenvalue weighted by molar-refractivity contribution is 0.395. The number of ether oxygens (including phenoxy) is 2. The number of benzene rings is 2. The van der Waals surface area contributed by atoms with Gasteiger partial charge in [0.05, 0.1) is 20.8 Å². The predicted octanol–water partition coefficient (Wildman–Crippen LogP) is 3.98. The molecule has 0 unspecified atom stereocenters. The Labute approximate surface area is 163 Å². The van der Waals surface area contributed by atoms with Crippen molar-refractivity contribution in [1.29, 1.82) is 0 Å². The fourth-order valence-corrected chi connectivity index (χ4v) is 2.90. The first-order chi connectivity index (χ1) is 12.0. The van der Waals surface area contributed by atoms with Crippen LogP contribution in [-0.4, -0.2) is 29.0 Å². The third-order valence-electron chi connectivity index (χ3n) is 3.84. The van der Waals surface area contributed by atoms with Gasteiger partial charge in [-0.05, 0) is 36.2 Å². The van der Waals surface area contributed by atoms with Crippen LogP contribution in [0.3, 0.4) is 0 Å². The molecule has 0 aliphatic heterocycles. The van der Waals surface area contributed by atoms with E-state index in [1.165, 1.54) is 0 Å². The van der Waals surface area contributed by atoms with Crippen molar-refractivity contribution in [3.05, 3.63) is 52.5 Å². The molecule has 1 aromatic heterocycles. The molecular formula is C18H20Cl2N4O2. The molecule has 1 heterocycles. The normalized spacial score (nSPS) is 10.3. The molecule has 0 atom stereocenters. The van der Waals surface area contributed by atoms with Gasteiger partial charge in [0, 0.05) is 5.02 Å². The first kappa shape index (κ1) is 19.9. The first-order valence-electron chi connectivity index (χ1n) is 7.70. The van der Waals surface area contributed by atoms with Crippen LogP contribution in [0.15, 0.2) is 36.4 Å². The van der Waals surface area contributed by atoms with Crippen LogP contribution in [0, 0.1) is 6.92 Å². The molecule has 2 N–H and O–H groups in total. The zero-order valence-electron chi connectivity index (χ0n) is 14.7. The number of aryl methyl sites for hydroxylation is 1. The number of nitrogens with two attached hydrogens (primary N) is 1. The predicted molar refractivity (Wildman–Crippen MR) is 106 cm³/mol. The van der Waals surface area contributed by atoms with Gasteiger partial charge in [-0.3, -0.25) is 0 Å². The van der Waals surface area contributed by atoms with Crippen molar-refractivity contribution in [3.63, 3.8) is 0 Å². The lowest BCUT2D eigenvalue weighted by Crippen LogP contribution is -2.06. The third-order valence-corrected chi connectivity index (χ3v) is 4.21. The summed E-state index contributed by atoms with van der Waals surface area (Å²) in [6, 6.07) is 11.4. The maximum Gasteiger partial charge on any atom is 0.240 e. The zero-order valence-corrected chi connectivity index (χ0v) is 16.3. The number of halogens is 2. The third kappa shape index (κ3) is 3.86. The summed E-state index contributed by atoms with van der Waals surface area (Å²) in [7, 11) is 3.21. The smallest absolute Gasteiger partial charge is 0.240 e. The average molecular weight is 395 g/mol. The van der Waals surface area contributed by atoms with Gasteiger partial charge in [-0.2, -0.15) is 4.98 Å². The number of aromatic nitrogens is 3. The van der Waals surface area contributed by atoms with E-state index in [0.717, 1.165) is 11.1 Å². The summed E-state index contributed by atoms with van der Waals surface area (Å²) in [5.74, 6) is 2.02. The summed E-state index contributed by atoms with van der Waals surface area (Å²) in [6.07, 6.45) is 0. The molecule has 0 aliphatic rings. The number of anilines is 1. The average Bonchev–Trinajstić information content (AvgIpc) is 2.95. The Morgan fingerprint density at radius 1 is 1.12 bits per heavy atom. The van der Waals surface area contributed by atoms with Crippen LogP contribution in [-0.2, 0) is 6.54 Å². The minimum absolute atomic E-state index is 0. The molecule has 0 saturated carbocycles. The second kappa shape index (κ2) is 8.29. The Morgan fingerprint density at radius 2 is 1.73 bits per heavy atom. The van der Waals surface area contributed by atoms with Gasteiger partial charge in [-0.25, -0.2) is 4.68 Å². The molecule has 0 amide bonds. The van der Waals surface area contributed by atoms with E-state index in [4.69, 9.17) is 26.8 Å². The van der Waals surface area contributed by atoms with Gasteiger partial charge in [0.25, 0.3) is 0 Å². The second-order valence-corrected chi connectivity index (χ2v) is 5.99. The van der Waals surface area contributed by atoms with Crippen molar-refractivity contribution in [1.82, 2.24) is 14.8 Å². The van der Waals surface area contributed by atoms with Crippen LogP contribution >= 0.6 is 24.0 Å². The van der Waals surface area contributed by atoms with Crippen LogP contribution in [0.4, 0.5) is 5.95 Å².